The molecule has 2 aromatic rings. The minimum Gasteiger partial charge on any atom is -0.480 e. The third-order valence-corrected chi connectivity index (χ3v) is 6.51. The van der Waals surface area contributed by atoms with Crippen LogP contribution in [0, 0.1) is 5.92 Å². The third kappa shape index (κ3) is 5.01. The third-order valence-electron chi connectivity index (χ3n) is 6.51. The molecule has 1 saturated carbocycles. The van der Waals surface area contributed by atoms with Crippen molar-refractivity contribution in [2.75, 3.05) is 13.2 Å². The Morgan fingerprint density at radius 3 is 2.24 bits per heavy atom. The molecule has 174 valence electrons. The van der Waals surface area contributed by atoms with E-state index in [1.54, 1.807) is 0 Å². The van der Waals surface area contributed by atoms with Gasteiger partial charge in [0.1, 0.15) is 12.6 Å². The van der Waals surface area contributed by atoms with Gasteiger partial charge >= 0.3 is 12.1 Å². The van der Waals surface area contributed by atoms with E-state index >= 15 is 0 Å². The fraction of sp³-hybridized carbons (Fsp3) is 0.400. The lowest BCUT2D eigenvalue weighted by Gasteiger charge is -2.29. The highest BCUT2D eigenvalue weighted by atomic mass is 16.5. The van der Waals surface area contributed by atoms with Crippen LogP contribution in [-0.4, -0.2) is 53.5 Å². The van der Waals surface area contributed by atoms with Gasteiger partial charge in [0.25, 0.3) is 0 Å². The normalized spacial score (nSPS) is 20.3. The number of carboxylic acid groups (broad SMARTS) is 1. The number of aliphatic hydroxyl groups excluding tert-OH is 1. The molecule has 2 amide bonds. The number of nitrogens with one attached hydrogen (secondary N) is 2. The maximum atomic E-state index is 12.5. The Kier molecular flexibility index (Phi) is 6.93. The molecule has 3 atom stereocenters. The van der Waals surface area contributed by atoms with Gasteiger partial charge in [0.05, 0.1) is 6.61 Å². The number of hydrogen-bond acceptors (Lipinski definition) is 5. The number of ether oxygens (including phenoxy) is 1. The van der Waals surface area contributed by atoms with E-state index in [0.29, 0.717) is 12.8 Å². The van der Waals surface area contributed by atoms with Gasteiger partial charge in [-0.25, -0.2) is 9.59 Å². The summed E-state index contributed by atoms with van der Waals surface area (Å²) in [5, 5.41) is 23.3. The summed E-state index contributed by atoms with van der Waals surface area (Å²) in [6, 6.07) is 14.7. The zero-order valence-corrected chi connectivity index (χ0v) is 18.2. The van der Waals surface area contributed by atoms with Crippen LogP contribution in [0.3, 0.4) is 0 Å². The fourth-order valence-electron chi connectivity index (χ4n) is 4.84. The lowest BCUT2D eigenvalue weighted by molar-refractivity contribution is -0.143. The van der Waals surface area contributed by atoms with Gasteiger partial charge in [0.2, 0.25) is 5.91 Å². The minimum atomic E-state index is -1.33. The van der Waals surface area contributed by atoms with Gasteiger partial charge in [0, 0.05) is 17.9 Å². The van der Waals surface area contributed by atoms with Crippen LogP contribution in [0.4, 0.5) is 4.79 Å². The summed E-state index contributed by atoms with van der Waals surface area (Å²) in [5.41, 5.74) is 4.59. The highest BCUT2D eigenvalue weighted by Crippen LogP contribution is 2.44. The van der Waals surface area contributed by atoms with Gasteiger partial charge in [-0.3, -0.25) is 4.79 Å². The van der Waals surface area contributed by atoms with Crippen molar-refractivity contribution in [2.45, 2.75) is 43.7 Å². The number of amides is 2. The molecule has 0 aliphatic heterocycles. The van der Waals surface area contributed by atoms with E-state index in [4.69, 9.17) is 14.9 Å². The Bertz CT molecular complexity index is 994. The Balaban J connectivity index is 1.32. The SMILES string of the molecule is O=C(N[C@H]1CCC[C@@H](C(=O)NC(CO)C(=O)O)C1)OCC1c2ccccc2-c2ccccc21. The van der Waals surface area contributed by atoms with Crippen molar-refractivity contribution in [2.24, 2.45) is 5.92 Å². The first kappa shape index (κ1) is 22.8. The summed E-state index contributed by atoms with van der Waals surface area (Å²) in [6.45, 7) is -0.456. The average Bonchev–Trinajstić information content (AvgIpc) is 3.14. The summed E-state index contributed by atoms with van der Waals surface area (Å²) in [5.74, 6) is -2.16. The molecule has 8 heteroatoms. The smallest absolute Gasteiger partial charge is 0.407 e. The molecule has 1 fully saturated rings. The van der Waals surface area contributed by atoms with Crippen molar-refractivity contribution >= 4 is 18.0 Å². The van der Waals surface area contributed by atoms with E-state index < -0.39 is 36.5 Å². The second-order valence-corrected chi connectivity index (χ2v) is 8.61. The lowest BCUT2D eigenvalue weighted by atomic mass is 9.85. The largest absolute Gasteiger partial charge is 0.480 e. The number of carbonyl (C=O) groups is 3. The topological polar surface area (TPSA) is 125 Å². The van der Waals surface area contributed by atoms with Crippen molar-refractivity contribution in [1.82, 2.24) is 10.6 Å². The molecule has 0 heterocycles. The number of aliphatic hydroxyl groups is 1. The zero-order valence-electron chi connectivity index (χ0n) is 18.2. The van der Waals surface area contributed by atoms with Crippen LogP contribution in [0.25, 0.3) is 11.1 Å². The van der Waals surface area contributed by atoms with Crippen molar-refractivity contribution in [3.05, 3.63) is 59.7 Å². The number of fused-ring (bicyclic) bond motifs is 3. The summed E-state index contributed by atoms with van der Waals surface area (Å²) < 4.78 is 5.59. The molecule has 2 aliphatic carbocycles. The van der Waals surface area contributed by atoms with Crippen molar-refractivity contribution < 1.29 is 29.3 Å². The van der Waals surface area contributed by atoms with Gasteiger partial charge in [-0.2, -0.15) is 0 Å². The van der Waals surface area contributed by atoms with Crippen LogP contribution in [0.1, 0.15) is 42.7 Å². The first-order valence-electron chi connectivity index (χ1n) is 11.2. The quantitative estimate of drug-likeness (QED) is 0.512. The lowest BCUT2D eigenvalue weighted by Crippen LogP contribution is -2.48. The number of carbonyl (C=O) groups excluding carboxylic acids is 2. The van der Waals surface area contributed by atoms with Crippen LogP contribution >= 0.6 is 0 Å². The Hall–Kier alpha value is -3.39. The van der Waals surface area contributed by atoms with Gasteiger partial charge in [-0.15, -0.1) is 0 Å². The average molecular weight is 453 g/mol. The van der Waals surface area contributed by atoms with E-state index in [0.717, 1.165) is 35.1 Å². The van der Waals surface area contributed by atoms with E-state index in [-0.39, 0.29) is 18.6 Å². The summed E-state index contributed by atoms with van der Waals surface area (Å²) in [4.78, 5) is 36.0. The second kappa shape index (κ2) is 10.0. The molecular weight excluding hydrogens is 424 g/mol. The van der Waals surface area contributed by atoms with Crippen LogP contribution in [-0.2, 0) is 14.3 Å². The molecule has 0 bridgehead atoms. The van der Waals surface area contributed by atoms with Crippen molar-refractivity contribution in [1.29, 1.82) is 0 Å². The van der Waals surface area contributed by atoms with Gasteiger partial charge < -0.3 is 25.6 Å². The van der Waals surface area contributed by atoms with Crippen molar-refractivity contribution in [3.8, 4) is 11.1 Å². The van der Waals surface area contributed by atoms with Crippen LogP contribution in [0.15, 0.2) is 48.5 Å². The van der Waals surface area contributed by atoms with Gasteiger partial charge in [0.15, 0.2) is 0 Å². The Labute approximate surface area is 192 Å². The van der Waals surface area contributed by atoms with Gasteiger partial charge in [-0.1, -0.05) is 55.0 Å². The maximum Gasteiger partial charge on any atom is 0.407 e. The number of rotatable bonds is 7. The molecule has 0 aromatic heterocycles. The number of alkyl carbamates (subject to hydrolysis) is 1. The number of benzene rings is 2. The molecule has 1 unspecified atom stereocenters. The monoisotopic (exact) mass is 452 g/mol. The number of hydrogen-bond donors (Lipinski definition) is 4. The summed E-state index contributed by atoms with van der Waals surface area (Å²) in [7, 11) is 0. The molecule has 2 aliphatic rings. The fourth-order valence-corrected chi connectivity index (χ4v) is 4.84. The predicted molar refractivity (Wildman–Crippen MR) is 121 cm³/mol. The van der Waals surface area contributed by atoms with Crippen molar-refractivity contribution in [3.63, 3.8) is 0 Å². The van der Waals surface area contributed by atoms with Gasteiger partial charge in [-0.05, 0) is 41.5 Å². The van der Waals surface area contributed by atoms with E-state index in [1.165, 1.54) is 0 Å². The molecule has 33 heavy (non-hydrogen) atoms. The minimum absolute atomic E-state index is 0.0283. The van der Waals surface area contributed by atoms with Crippen LogP contribution in [0.2, 0.25) is 0 Å². The molecule has 4 rings (SSSR count). The molecule has 8 nitrogen and oxygen atoms in total. The number of aliphatic carboxylic acids is 1. The van der Waals surface area contributed by atoms with E-state index in [2.05, 4.69) is 34.9 Å². The Morgan fingerprint density at radius 2 is 1.64 bits per heavy atom. The molecular formula is C25H28N2O6. The summed E-state index contributed by atoms with van der Waals surface area (Å²) >= 11 is 0. The van der Waals surface area contributed by atoms with E-state index in [1.807, 2.05) is 24.3 Å². The molecule has 0 radical (unpaired) electrons. The molecule has 0 saturated heterocycles. The summed E-state index contributed by atoms with van der Waals surface area (Å²) in [6.07, 6.45) is 1.92. The highest BCUT2D eigenvalue weighted by molar-refractivity contribution is 5.85. The highest BCUT2D eigenvalue weighted by Gasteiger charge is 2.32. The second-order valence-electron chi connectivity index (χ2n) is 8.61. The predicted octanol–water partition coefficient (Wildman–Crippen LogP) is 2.65. The standard InChI is InChI=1S/C25H28N2O6/c28-13-22(24(30)31)27-23(29)15-6-5-7-16(12-15)26-25(32)33-14-21-19-10-3-1-8-17(19)18-9-2-4-11-20(18)21/h1-4,8-11,15-16,21-22,28H,5-7,12-14H2,(H,26,32)(H,27,29)(H,30,31)/t15-,16+,22?/m1/s1. The molecule has 2 aromatic carbocycles. The van der Waals surface area contributed by atoms with Crippen LogP contribution < -0.4 is 10.6 Å². The molecule has 0 spiro atoms. The Morgan fingerprint density at radius 1 is 1.00 bits per heavy atom. The number of carboxylic acids is 1. The zero-order chi connectivity index (χ0) is 23.4. The van der Waals surface area contributed by atoms with Crippen LogP contribution in [0.5, 0.6) is 0 Å². The molecule has 4 N–H and O–H groups in total. The first-order chi connectivity index (χ1) is 16.0. The van der Waals surface area contributed by atoms with E-state index in [9.17, 15) is 14.4 Å². The first-order valence-corrected chi connectivity index (χ1v) is 11.2. The maximum absolute atomic E-state index is 12.5.